The molecule has 1 aliphatic rings. The minimum atomic E-state index is -0.339. The van der Waals surface area contributed by atoms with Crippen LogP contribution in [0.15, 0.2) is 6.33 Å². The SMILES string of the molecule is CC(C)Oc1ncnc(NCC(O)C2CC2)c1N. The fraction of sp³-hybridized carbons (Fsp3) is 0.667. The highest BCUT2D eigenvalue weighted by molar-refractivity contribution is 5.66. The lowest BCUT2D eigenvalue weighted by Gasteiger charge is -2.15. The van der Waals surface area contributed by atoms with Gasteiger partial charge in [0.05, 0.1) is 12.2 Å². The summed E-state index contributed by atoms with van der Waals surface area (Å²) in [5.74, 6) is 1.32. The van der Waals surface area contributed by atoms with E-state index in [0.717, 1.165) is 12.8 Å². The van der Waals surface area contributed by atoms with Gasteiger partial charge < -0.3 is 20.9 Å². The smallest absolute Gasteiger partial charge is 0.242 e. The topological polar surface area (TPSA) is 93.3 Å². The standard InChI is InChI=1S/C12H20N4O2/c1-7(2)18-12-10(13)11(15-6-16-12)14-5-9(17)8-3-4-8/h6-9,17H,3-5,13H2,1-2H3,(H,14,15,16). The van der Waals surface area contributed by atoms with Crippen LogP contribution in [-0.2, 0) is 0 Å². The van der Waals surface area contributed by atoms with Crippen molar-refractivity contribution in [2.75, 3.05) is 17.6 Å². The Labute approximate surface area is 107 Å². The number of rotatable bonds is 6. The van der Waals surface area contributed by atoms with E-state index < -0.39 is 0 Å². The summed E-state index contributed by atoms with van der Waals surface area (Å²) < 4.78 is 5.47. The van der Waals surface area contributed by atoms with Crippen LogP contribution in [0.5, 0.6) is 5.88 Å². The zero-order valence-electron chi connectivity index (χ0n) is 10.8. The quantitative estimate of drug-likeness (QED) is 0.700. The Balaban J connectivity index is 1.98. The molecule has 1 atom stereocenters. The van der Waals surface area contributed by atoms with Gasteiger partial charge >= 0.3 is 0 Å². The number of aromatic nitrogens is 2. The van der Waals surface area contributed by atoms with Gasteiger partial charge in [0.1, 0.15) is 12.0 Å². The van der Waals surface area contributed by atoms with Crippen LogP contribution in [0, 0.1) is 5.92 Å². The van der Waals surface area contributed by atoms with Crippen LogP contribution in [0.25, 0.3) is 0 Å². The van der Waals surface area contributed by atoms with Crippen molar-refractivity contribution in [1.29, 1.82) is 0 Å². The predicted octanol–water partition coefficient (Wildman–Crippen LogP) is 1.03. The lowest BCUT2D eigenvalue weighted by molar-refractivity contribution is 0.164. The van der Waals surface area contributed by atoms with E-state index in [2.05, 4.69) is 15.3 Å². The normalized spacial score (nSPS) is 16.7. The van der Waals surface area contributed by atoms with Gasteiger partial charge in [0.15, 0.2) is 5.82 Å². The van der Waals surface area contributed by atoms with E-state index in [4.69, 9.17) is 10.5 Å². The van der Waals surface area contributed by atoms with E-state index in [1.807, 2.05) is 13.8 Å². The van der Waals surface area contributed by atoms with Gasteiger partial charge in [-0.05, 0) is 32.6 Å². The number of nitrogens with one attached hydrogen (secondary N) is 1. The Hall–Kier alpha value is -1.56. The van der Waals surface area contributed by atoms with Crippen molar-refractivity contribution in [3.8, 4) is 5.88 Å². The molecule has 1 heterocycles. The number of hydrogen-bond donors (Lipinski definition) is 3. The molecule has 0 radical (unpaired) electrons. The third kappa shape index (κ3) is 3.22. The summed E-state index contributed by atoms with van der Waals surface area (Å²) in [6, 6.07) is 0. The van der Waals surface area contributed by atoms with Crippen LogP contribution in [0.4, 0.5) is 11.5 Å². The zero-order chi connectivity index (χ0) is 13.1. The molecule has 6 nitrogen and oxygen atoms in total. The summed E-state index contributed by atoms with van der Waals surface area (Å²) in [7, 11) is 0. The molecule has 1 aromatic heterocycles. The molecule has 1 saturated carbocycles. The maximum atomic E-state index is 9.78. The van der Waals surface area contributed by atoms with Gasteiger partial charge in [-0.15, -0.1) is 0 Å². The molecule has 0 saturated heterocycles. The highest BCUT2D eigenvalue weighted by Gasteiger charge is 2.29. The predicted molar refractivity (Wildman–Crippen MR) is 69.4 cm³/mol. The Morgan fingerprint density at radius 2 is 2.22 bits per heavy atom. The largest absolute Gasteiger partial charge is 0.473 e. The molecule has 4 N–H and O–H groups in total. The first-order valence-electron chi connectivity index (χ1n) is 6.27. The van der Waals surface area contributed by atoms with E-state index in [0.29, 0.717) is 29.8 Å². The Bertz CT molecular complexity index is 407. The van der Waals surface area contributed by atoms with Gasteiger partial charge in [-0.1, -0.05) is 0 Å². The molecule has 2 rings (SSSR count). The molecule has 1 unspecified atom stereocenters. The summed E-state index contributed by atoms with van der Waals surface area (Å²) >= 11 is 0. The van der Waals surface area contributed by atoms with Crippen molar-refractivity contribution in [2.24, 2.45) is 5.92 Å². The average molecular weight is 252 g/mol. The maximum absolute atomic E-state index is 9.78. The summed E-state index contributed by atoms with van der Waals surface area (Å²) in [5, 5.41) is 12.8. The molecule has 0 aliphatic heterocycles. The van der Waals surface area contributed by atoms with Gasteiger partial charge in [0.2, 0.25) is 5.88 Å². The van der Waals surface area contributed by atoms with Crippen LogP contribution in [-0.4, -0.2) is 33.8 Å². The van der Waals surface area contributed by atoms with Crippen LogP contribution in [0.2, 0.25) is 0 Å². The second-order valence-electron chi connectivity index (χ2n) is 4.89. The number of hydrogen-bond acceptors (Lipinski definition) is 6. The van der Waals surface area contributed by atoms with Gasteiger partial charge in [-0.25, -0.2) is 4.98 Å². The summed E-state index contributed by atoms with van der Waals surface area (Å²) in [6.45, 7) is 4.27. The fourth-order valence-electron chi connectivity index (χ4n) is 1.69. The molecule has 18 heavy (non-hydrogen) atoms. The van der Waals surface area contributed by atoms with Gasteiger partial charge in [0.25, 0.3) is 0 Å². The molecule has 0 bridgehead atoms. The van der Waals surface area contributed by atoms with E-state index in [1.165, 1.54) is 6.33 Å². The molecular formula is C12H20N4O2. The molecule has 6 heteroatoms. The molecule has 0 spiro atoms. The lowest BCUT2D eigenvalue weighted by Crippen LogP contribution is -2.22. The van der Waals surface area contributed by atoms with Crippen LogP contribution >= 0.6 is 0 Å². The van der Waals surface area contributed by atoms with Crippen LogP contribution in [0.3, 0.4) is 0 Å². The fourth-order valence-corrected chi connectivity index (χ4v) is 1.69. The number of ether oxygens (including phenoxy) is 1. The Kier molecular flexibility index (Phi) is 3.86. The van der Waals surface area contributed by atoms with Crippen molar-refractivity contribution in [3.63, 3.8) is 0 Å². The minimum absolute atomic E-state index is 0.00658. The molecule has 0 aromatic carbocycles. The van der Waals surface area contributed by atoms with Crippen molar-refractivity contribution >= 4 is 11.5 Å². The van der Waals surface area contributed by atoms with Crippen LogP contribution in [0.1, 0.15) is 26.7 Å². The summed E-state index contributed by atoms with van der Waals surface area (Å²) in [5.41, 5.74) is 6.30. The summed E-state index contributed by atoms with van der Waals surface area (Å²) in [4.78, 5) is 8.05. The van der Waals surface area contributed by atoms with Crippen molar-refractivity contribution < 1.29 is 9.84 Å². The minimum Gasteiger partial charge on any atom is -0.473 e. The van der Waals surface area contributed by atoms with Crippen molar-refractivity contribution in [1.82, 2.24) is 9.97 Å². The van der Waals surface area contributed by atoms with Gasteiger partial charge in [0, 0.05) is 6.54 Å². The number of aliphatic hydroxyl groups excluding tert-OH is 1. The molecule has 1 aromatic rings. The van der Waals surface area contributed by atoms with Gasteiger partial charge in [-0.3, -0.25) is 0 Å². The molecule has 1 aliphatic carbocycles. The highest BCUT2D eigenvalue weighted by atomic mass is 16.5. The zero-order valence-corrected chi connectivity index (χ0v) is 10.8. The Morgan fingerprint density at radius 3 is 2.83 bits per heavy atom. The second kappa shape index (κ2) is 5.39. The van der Waals surface area contributed by atoms with Crippen molar-refractivity contribution in [3.05, 3.63) is 6.33 Å². The van der Waals surface area contributed by atoms with Crippen LogP contribution < -0.4 is 15.8 Å². The first-order valence-corrected chi connectivity index (χ1v) is 6.27. The number of nitrogens with two attached hydrogens (primary N) is 1. The van der Waals surface area contributed by atoms with E-state index in [-0.39, 0.29) is 12.2 Å². The number of aliphatic hydroxyl groups is 1. The molecule has 1 fully saturated rings. The average Bonchev–Trinajstić information content (AvgIpc) is 3.13. The highest BCUT2D eigenvalue weighted by Crippen LogP contribution is 2.33. The van der Waals surface area contributed by atoms with E-state index in [1.54, 1.807) is 0 Å². The number of nitrogen functional groups attached to an aromatic ring is 1. The molecular weight excluding hydrogens is 232 g/mol. The second-order valence-corrected chi connectivity index (χ2v) is 4.89. The number of anilines is 2. The summed E-state index contributed by atoms with van der Waals surface area (Å²) in [6.07, 6.45) is 3.27. The lowest BCUT2D eigenvalue weighted by atomic mass is 10.2. The van der Waals surface area contributed by atoms with E-state index in [9.17, 15) is 5.11 Å². The first-order chi connectivity index (χ1) is 8.58. The van der Waals surface area contributed by atoms with Gasteiger partial charge in [-0.2, -0.15) is 4.98 Å². The van der Waals surface area contributed by atoms with E-state index >= 15 is 0 Å². The van der Waals surface area contributed by atoms with Crippen molar-refractivity contribution in [2.45, 2.75) is 38.9 Å². The first kappa shape index (κ1) is 12.9. The molecule has 100 valence electrons. The third-order valence-corrected chi connectivity index (χ3v) is 2.84. The Morgan fingerprint density at radius 1 is 1.50 bits per heavy atom. The number of nitrogens with zero attached hydrogens (tertiary/aromatic N) is 2. The maximum Gasteiger partial charge on any atom is 0.242 e. The molecule has 0 amide bonds. The third-order valence-electron chi connectivity index (χ3n) is 2.84. The monoisotopic (exact) mass is 252 g/mol.